The van der Waals surface area contributed by atoms with Gasteiger partial charge in [-0.05, 0) is 73.0 Å². The van der Waals surface area contributed by atoms with Crippen LogP contribution in [0.25, 0.3) is 11.1 Å². The Hall–Kier alpha value is -2.18. The third-order valence-corrected chi connectivity index (χ3v) is 7.64. The predicted octanol–water partition coefficient (Wildman–Crippen LogP) is 3.17. The lowest BCUT2D eigenvalue weighted by atomic mass is 9.85. The van der Waals surface area contributed by atoms with E-state index in [9.17, 15) is 13.2 Å². The SMILES string of the molecule is CN(C)C(=O)C1CCCN1C1CCc2cc(-c3ccc(S(C)(=O)=O)cc3)ccc2C1. The monoisotopic (exact) mass is 426 g/mol. The fourth-order valence-electron chi connectivity index (χ4n) is 4.88. The van der Waals surface area contributed by atoms with Crippen LogP contribution in [0.1, 0.15) is 30.4 Å². The Balaban J connectivity index is 1.52. The summed E-state index contributed by atoms with van der Waals surface area (Å²) in [5, 5.41) is 0. The van der Waals surface area contributed by atoms with E-state index in [1.54, 1.807) is 17.0 Å². The third kappa shape index (κ3) is 4.16. The number of rotatable bonds is 4. The first-order valence-electron chi connectivity index (χ1n) is 10.6. The van der Waals surface area contributed by atoms with Gasteiger partial charge in [0.05, 0.1) is 10.9 Å². The minimum atomic E-state index is -3.18. The van der Waals surface area contributed by atoms with Crippen LogP contribution in [0.2, 0.25) is 0 Å². The van der Waals surface area contributed by atoms with Crippen molar-refractivity contribution in [3.8, 4) is 11.1 Å². The molecule has 160 valence electrons. The number of sulfone groups is 1. The summed E-state index contributed by atoms with van der Waals surface area (Å²) in [5.74, 6) is 0.228. The number of hydrogen-bond donors (Lipinski definition) is 0. The largest absolute Gasteiger partial charge is 0.347 e. The molecule has 2 unspecified atom stereocenters. The van der Waals surface area contributed by atoms with Crippen molar-refractivity contribution >= 4 is 15.7 Å². The quantitative estimate of drug-likeness (QED) is 0.754. The number of nitrogens with zero attached hydrogens (tertiary/aromatic N) is 2. The van der Waals surface area contributed by atoms with Crippen LogP contribution in [0.15, 0.2) is 47.4 Å². The van der Waals surface area contributed by atoms with E-state index in [1.165, 1.54) is 17.4 Å². The molecule has 1 fully saturated rings. The number of benzene rings is 2. The van der Waals surface area contributed by atoms with Crippen LogP contribution in [0, 0.1) is 0 Å². The Bertz CT molecular complexity index is 1040. The first-order valence-corrected chi connectivity index (χ1v) is 12.5. The average molecular weight is 427 g/mol. The van der Waals surface area contributed by atoms with E-state index in [-0.39, 0.29) is 11.9 Å². The highest BCUT2D eigenvalue weighted by Crippen LogP contribution is 2.32. The van der Waals surface area contributed by atoms with Gasteiger partial charge < -0.3 is 4.90 Å². The molecule has 0 bridgehead atoms. The molecule has 2 aliphatic rings. The minimum Gasteiger partial charge on any atom is -0.347 e. The van der Waals surface area contributed by atoms with Crippen LogP contribution in [-0.2, 0) is 27.5 Å². The summed E-state index contributed by atoms with van der Waals surface area (Å²) in [7, 11) is 0.514. The lowest BCUT2D eigenvalue weighted by Crippen LogP contribution is -2.49. The number of aryl methyl sites for hydroxylation is 1. The normalized spacial score (nSPS) is 22.0. The number of likely N-dealkylation sites (N-methyl/N-ethyl adjacent to an activating group) is 1. The first kappa shape index (κ1) is 21.1. The molecular weight excluding hydrogens is 396 g/mol. The Morgan fingerprint density at radius 3 is 2.37 bits per heavy atom. The summed E-state index contributed by atoms with van der Waals surface area (Å²) >= 11 is 0. The number of hydrogen-bond acceptors (Lipinski definition) is 4. The van der Waals surface area contributed by atoms with Crippen molar-refractivity contribution in [1.82, 2.24) is 9.80 Å². The molecule has 1 aliphatic carbocycles. The number of carbonyl (C=O) groups excluding carboxylic acids is 1. The zero-order valence-corrected chi connectivity index (χ0v) is 18.8. The van der Waals surface area contributed by atoms with Crippen molar-refractivity contribution in [3.05, 3.63) is 53.6 Å². The van der Waals surface area contributed by atoms with E-state index in [0.29, 0.717) is 10.9 Å². The van der Waals surface area contributed by atoms with E-state index < -0.39 is 9.84 Å². The van der Waals surface area contributed by atoms with Crippen LogP contribution >= 0.6 is 0 Å². The molecule has 0 radical (unpaired) electrons. The molecular formula is C24H30N2O3S. The van der Waals surface area contributed by atoms with Gasteiger partial charge in [-0.1, -0.05) is 30.3 Å². The smallest absolute Gasteiger partial charge is 0.239 e. The standard InChI is InChI=1S/C24H30N2O3S/c1-25(2)24(27)23-5-4-14-26(23)21-11-8-19-15-18(6-7-20(19)16-21)17-9-12-22(13-10-17)30(3,28)29/h6-7,9-10,12-13,15,21,23H,4-5,8,11,14,16H2,1-3H3. The van der Waals surface area contributed by atoms with Crippen molar-refractivity contribution in [3.63, 3.8) is 0 Å². The van der Waals surface area contributed by atoms with E-state index in [4.69, 9.17) is 0 Å². The average Bonchev–Trinajstić information content (AvgIpc) is 3.21. The van der Waals surface area contributed by atoms with Crippen LogP contribution in [0.5, 0.6) is 0 Å². The Morgan fingerprint density at radius 1 is 1.00 bits per heavy atom. The number of likely N-dealkylation sites (tertiary alicyclic amines) is 1. The highest BCUT2D eigenvalue weighted by Gasteiger charge is 2.37. The molecule has 2 aromatic rings. The molecule has 0 N–H and O–H groups in total. The zero-order chi connectivity index (χ0) is 21.5. The highest BCUT2D eigenvalue weighted by atomic mass is 32.2. The van der Waals surface area contributed by atoms with Gasteiger partial charge in [-0.15, -0.1) is 0 Å². The maximum Gasteiger partial charge on any atom is 0.239 e. The topological polar surface area (TPSA) is 57.7 Å². The number of carbonyl (C=O) groups is 1. The van der Waals surface area contributed by atoms with Gasteiger partial charge in [-0.3, -0.25) is 9.69 Å². The van der Waals surface area contributed by atoms with Crippen molar-refractivity contribution in [2.75, 3.05) is 26.9 Å². The fourth-order valence-corrected chi connectivity index (χ4v) is 5.51. The molecule has 2 atom stereocenters. The van der Waals surface area contributed by atoms with E-state index >= 15 is 0 Å². The van der Waals surface area contributed by atoms with Crippen molar-refractivity contribution in [2.24, 2.45) is 0 Å². The molecule has 4 rings (SSSR count). The molecule has 2 aromatic carbocycles. The Morgan fingerprint density at radius 2 is 1.70 bits per heavy atom. The summed E-state index contributed by atoms with van der Waals surface area (Å²) < 4.78 is 23.4. The Kier molecular flexibility index (Phi) is 5.73. The molecule has 5 nitrogen and oxygen atoms in total. The summed E-state index contributed by atoms with van der Waals surface area (Å²) in [6, 6.07) is 14.1. The van der Waals surface area contributed by atoms with Crippen LogP contribution in [0.3, 0.4) is 0 Å². The third-order valence-electron chi connectivity index (χ3n) is 6.51. The van der Waals surface area contributed by atoms with Crippen LogP contribution in [0.4, 0.5) is 0 Å². The van der Waals surface area contributed by atoms with Gasteiger partial charge in [0, 0.05) is 26.4 Å². The van der Waals surface area contributed by atoms with Crippen molar-refractivity contribution in [1.29, 1.82) is 0 Å². The van der Waals surface area contributed by atoms with E-state index in [1.807, 2.05) is 26.2 Å². The van der Waals surface area contributed by atoms with Gasteiger partial charge in [-0.2, -0.15) is 0 Å². The maximum atomic E-state index is 12.6. The predicted molar refractivity (Wildman–Crippen MR) is 119 cm³/mol. The molecule has 6 heteroatoms. The van der Waals surface area contributed by atoms with Gasteiger partial charge >= 0.3 is 0 Å². The van der Waals surface area contributed by atoms with Gasteiger partial charge in [0.2, 0.25) is 5.91 Å². The molecule has 1 amide bonds. The lowest BCUT2D eigenvalue weighted by molar-refractivity contribution is -0.134. The minimum absolute atomic E-state index is 0.0270. The highest BCUT2D eigenvalue weighted by molar-refractivity contribution is 7.90. The van der Waals surface area contributed by atoms with Gasteiger partial charge in [0.1, 0.15) is 0 Å². The van der Waals surface area contributed by atoms with Crippen LogP contribution < -0.4 is 0 Å². The Labute approximate surface area is 179 Å². The molecule has 0 spiro atoms. The van der Waals surface area contributed by atoms with Gasteiger partial charge in [-0.25, -0.2) is 8.42 Å². The van der Waals surface area contributed by atoms with E-state index in [0.717, 1.165) is 49.8 Å². The van der Waals surface area contributed by atoms with Gasteiger partial charge in [0.15, 0.2) is 9.84 Å². The summed E-state index contributed by atoms with van der Waals surface area (Å²) in [6.45, 7) is 1.01. The number of amides is 1. The van der Waals surface area contributed by atoms with Crippen molar-refractivity contribution in [2.45, 2.75) is 49.1 Å². The second-order valence-electron chi connectivity index (χ2n) is 8.81. The second kappa shape index (κ2) is 8.16. The molecule has 1 heterocycles. The number of fused-ring (bicyclic) bond motifs is 1. The molecule has 30 heavy (non-hydrogen) atoms. The summed E-state index contributed by atoms with van der Waals surface area (Å²) in [5.41, 5.74) is 4.88. The lowest BCUT2D eigenvalue weighted by Gasteiger charge is -2.36. The van der Waals surface area contributed by atoms with E-state index in [2.05, 4.69) is 23.1 Å². The van der Waals surface area contributed by atoms with Gasteiger partial charge in [0.25, 0.3) is 0 Å². The maximum absolute atomic E-state index is 12.6. The summed E-state index contributed by atoms with van der Waals surface area (Å²) in [6.07, 6.45) is 6.35. The fraction of sp³-hybridized carbons (Fsp3) is 0.458. The zero-order valence-electron chi connectivity index (χ0n) is 18.0. The second-order valence-corrected chi connectivity index (χ2v) is 10.8. The molecule has 0 saturated carbocycles. The van der Waals surface area contributed by atoms with Crippen molar-refractivity contribution < 1.29 is 13.2 Å². The molecule has 0 aromatic heterocycles. The van der Waals surface area contributed by atoms with Crippen LogP contribution in [-0.4, -0.2) is 63.1 Å². The molecule has 1 aliphatic heterocycles. The summed E-state index contributed by atoms with van der Waals surface area (Å²) in [4.78, 5) is 17.1. The molecule has 1 saturated heterocycles. The first-order chi connectivity index (χ1) is 14.2.